The number of carbonyl (C=O) groups excluding carboxylic acids is 1. The van der Waals surface area contributed by atoms with Crippen LogP contribution < -0.4 is 0 Å². The Hall–Kier alpha value is -1.42. The molecule has 1 amide bonds. The zero-order valence-electron chi connectivity index (χ0n) is 11.7. The zero-order chi connectivity index (χ0) is 13.9. The predicted octanol–water partition coefficient (Wildman–Crippen LogP) is 1.63. The highest BCUT2D eigenvalue weighted by atomic mass is 16.3. The van der Waals surface area contributed by atoms with Crippen molar-refractivity contribution in [1.82, 2.24) is 9.88 Å². The number of carbonyl (C=O) groups is 1. The third-order valence-electron chi connectivity index (χ3n) is 4.13. The molecule has 1 aromatic heterocycles. The van der Waals surface area contributed by atoms with Gasteiger partial charge in [-0.3, -0.25) is 9.78 Å². The molecule has 4 nitrogen and oxygen atoms in total. The summed E-state index contributed by atoms with van der Waals surface area (Å²) < 4.78 is 0. The van der Waals surface area contributed by atoms with E-state index in [0.29, 0.717) is 25.9 Å². The third-order valence-corrected chi connectivity index (χ3v) is 4.13. The lowest BCUT2D eigenvalue weighted by Gasteiger charge is -2.42. The van der Waals surface area contributed by atoms with Crippen molar-refractivity contribution >= 4 is 5.91 Å². The van der Waals surface area contributed by atoms with Crippen molar-refractivity contribution < 1.29 is 9.90 Å². The molecular formula is C15H22N2O2. The average Bonchev–Trinajstić information content (AvgIpc) is 2.39. The molecular weight excluding hydrogens is 240 g/mol. The maximum absolute atomic E-state index is 12.3. The summed E-state index contributed by atoms with van der Waals surface area (Å²) >= 11 is 0. The van der Waals surface area contributed by atoms with Crippen molar-refractivity contribution in [2.75, 3.05) is 13.1 Å². The highest BCUT2D eigenvalue weighted by Crippen LogP contribution is 2.30. The van der Waals surface area contributed by atoms with E-state index in [2.05, 4.69) is 11.9 Å². The average molecular weight is 262 g/mol. The molecule has 0 bridgehead atoms. The molecule has 2 atom stereocenters. The fourth-order valence-corrected chi connectivity index (χ4v) is 2.70. The molecule has 1 fully saturated rings. The van der Waals surface area contributed by atoms with Crippen LogP contribution in [0, 0.1) is 5.92 Å². The lowest BCUT2D eigenvalue weighted by Crippen LogP contribution is -2.52. The highest BCUT2D eigenvalue weighted by molar-refractivity contribution is 5.78. The van der Waals surface area contributed by atoms with Crippen LogP contribution in [0.15, 0.2) is 24.5 Å². The van der Waals surface area contributed by atoms with Gasteiger partial charge in [-0.2, -0.15) is 0 Å². The SMILES string of the molecule is CC[C@H]1CN(C(=O)Cc2cccnc2)CC[C@@]1(C)O. The van der Waals surface area contributed by atoms with Crippen molar-refractivity contribution in [3.63, 3.8) is 0 Å². The van der Waals surface area contributed by atoms with Gasteiger partial charge in [0.15, 0.2) is 0 Å². The summed E-state index contributed by atoms with van der Waals surface area (Å²) in [6, 6.07) is 3.76. The highest BCUT2D eigenvalue weighted by Gasteiger charge is 2.37. The van der Waals surface area contributed by atoms with E-state index in [4.69, 9.17) is 0 Å². The van der Waals surface area contributed by atoms with Crippen LogP contribution in [0.5, 0.6) is 0 Å². The Morgan fingerprint density at radius 3 is 3.05 bits per heavy atom. The molecule has 0 spiro atoms. The summed E-state index contributed by atoms with van der Waals surface area (Å²) in [4.78, 5) is 18.2. The Balaban J connectivity index is 1.97. The quantitative estimate of drug-likeness (QED) is 0.901. The second-order valence-corrected chi connectivity index (χ2v) is 5.59. The van der Waals surface area contributed by atoms with Gasteiger partial charge in [0.25, 0.3) is 0 Å². The fourth-order valence-electron chi connectivity index (χ4n) is 2.70. The van der Waals surface area contributed by atoms with E-state index in [1.165, 1.54) is 0 Å². The standard InChI is InChI=1S/C15H22N2O2/c1-3-13-11-17(8-6-15(13,2)19)14(18)9-12-5-4-7-16-10-12/h4-5,7,10,13,19H,3,6,8-9,11H2,1-2H3/t13-,15+/m0/s1. The number of rotatable bonds is 3. The molecule has 0 aliphatic carbocycles. The number of aromatic nitrogens is 1. The van der Waals surface area contributed by atoms with Crippen LogP contribution in [0.1, 0.15) is 32.3 Å². The van der Waals surface area contributed by atoms with Crippen LogP contribution in [0.3, 0.4) is 0 Å². The van der Waals surface area contributed by atoms with Gasteiger partial charge in [0.05, 0.1) is 12.0 Å². The number of piperidine rings is 1. The van der Waals surface area contributed by atoms with Crippen molar-refractivity contribution in [3.8, 4) is 0 Å². The van der Waals surface area contributed by atoms with Crippen LogP contribution in [0.4, 0.5) is 0 Å². The van der Waals surface area contributed by atoms with Gasteiger partial charge >= 0.3 is 0 Å². The lowest BCUT2D eigenvalue weighted by atomic mass is 9.81. The monoisotopic (exact) mass is 262 g/mol. The molecule has 104 valence electrons. The summed E-state index contributed by atoms with van der Waals surface area (Å²) in [6.45, 7) is 5.24. The maximum atomic E-state index is 12.3. The minimum atomic E-state index is -0.639. The maximum Gasteiger partial charge on any atom is 0.227 e. The van der Waals surface area contributed by atoms with Crippen molar-refractivity contribution in [2.24, 2.45) is 5.92 Å². The van der Waals surface area contributed by atoms with Crippen molar-refractivity contribution in [1.29, 1.82) is 0 Å². The van der Waals surface area contributed by atoms with Gasteiger partial charge < -0.3 is 10.0 Å². The smallest absolute Gasteiger partial charge is 0.227 e. The van der Waals surface area contributed by atoms with E-state index >= 15 is 0 Å². The lowest BCUT2D eigenvalue weighted by molar-refractivity contribution is -0.138. The molecule has 1 saturated heterocycles. The molecule has 1 aliphatic rings. The molecule has 1 aliphatic heterocycles. The Labute approximate surface area is 114 Å². The Kier molecular flexibility index (Phi) is 4.20. The molecule has 0 saturated carbocycles. The minimum Gasteiger partial charge on any atom is -0.390 e. The summed E-state index contributed by atoms with van der Waals surface area (Å²) in [5.74, 6) is 0.293. The van der Waals surface area contributed by atoms with Crippen LogP contribution in [-0.4, -0.2) is 39.6 Å². The number of hydrogen-bond donors (Lipinski definition) is 1. The molecule has 4 heteroatoms. The van der Waals surface area contributed by atoms with E-state index in [9.17, 15) is 9.90 Å². The first-order chi connectivity index (χ1) is 9.03. The number of hydrogen-bond acceptors (Lipinski definition) is 3. The zero-order valence-corrected chi connectivity index (χ0v) is 11.7. The molecule has 2 rings (SSSR count). The number of likely N-dealkylation sites (tertiary alicyclic amines) is 1. The van der Waals surface area contributed by atoms with Gasteiger partial charge in [0.2, 0.25) is 5.91 Å². The van der Waals surface area contributed by atoms with Crippen molar-refractivity contribution in [2.45, 2.75) is 38.7 Å². The van der Waals surface area contributed by atoms with Crippen LogP contribution in [0.25, 0.3) is 0 Å². The largest absolute Gasteiger partial charge is 0.390 e. The summed E-state index contributed by atoms with van der Waals surface area (Å²) in [6.07, 6.45) is 5.38. The molecule has 0 radical (unpaired) electrons. The van der Waals surface area contributed by atoms with Crippen LogP contribution in [-0.2, 0) is 11.2 Å². The number of aliphatic hydroxyl groups is 1. The fraction of sp³-hybridized carbons (Fsp3) is 0.600. The van der Waals surface area contributed by atoms with Crippen molar-refractivity contribution in [3.05, 3.63) is 30.1 Å². The van der Waals surface area contributed by atoms with Gasteiger partial charge in [-0.25, -0.2) is 0 Å². The predicted molar refractivity (Wildman–Crippen MR) is 73.5 cm³/mol. The summed E-state index contributed by atoms with van der Waals surface area (Å²) in [5, 5.41) is 10.3. The third kappa shape index (κ3) is 3.32. The first-order valence-electron chi connectivity index (χ1n) is 6.92. The Morgan fingerprint density at radius 2 is 2.42 bits per heavy atom. The molecule has 19 heavy (non-hydrogen) atoms. The molecule has 1 aromatic rings. The van der Waals surface area contributed by atoms with E-state index in [-0.39, 0.29) is 11.8 Å². The Morgan fingerprint density at radius 1 is 1.63 bits per heavy atom. The molecule has 0 aromatic carbocycles. The first-order valence-corrected chi connectivity index (χ1v) is 6.92. The van der Waals surface area contributed by atoms with Gasteiger partial charge in [0, 0.05) is 31.4 Å². The van der Waals surface area contributed by atoms with Crippen LogP contribution in [0.2, 0.25) is 0 Å². The number of amides is 1. The molecule has 1 N–H and O–H groups in total. The topological polar surface area (TPSA) is 53.4 Å². The minimum absolute atomic E-state index is 0.127. The van der Waals surface area contributed by atoms with Gasteiger partial charge in [-0.15, -0.1) is 0 Å². The Bertz CT molecular complexity index is 431. The summed E-state index contributed by atoms with van der Waals surface area (Å²) in [5.41, 5.74) is 0.303. The molecule has 0 unspecified atom stereocenters. The van der Waals surface area contributed by atoms with Crippen LogP contribution >= 0.6 is 0 Å². The number of pyridine rings is 1. The number of nitrogens with zero attached hydrogens (tertiary/aromatic N) is 2. The van der Waals surface area contributed by atoms with E-state index < -0.39 is 5.60 Å². The molecule has 2 heterocycles. The second-order valence-electron chi connectivity index (χ2n) is 5.59. The normalized spacial score (nSPS) is 27.3. The first kappa shape index (κ1) is 14.0. The van der Waals surface area contributed by atoms with Gasteiger partial charge in [0.1, 0.15) is 0 Å². The van der Waals surface area contributed by atoms with Gasteiger partial charge in [-0.05, 0) is 31.4 Å². The second kappa shape index (κ2) is 5.70. The summed E-state index contributed by atoms with van der Waals surface area (Å²) in [7, 11) is 0. The van der Waals surface area contributed by atoms with Gasteiger partial charge in [-0.1, -0.05) is 13.0 Å². The van der Waals surface area contributed by atoms with E-state index in [1.54, 1.807) is 12.4 Å². The van der Waals surface area contributed by atoms with E-state index in [0.717, 1.165) is 12.0 Å². The van der Waals surface area contributed by atoms with E-state index in [1.807, 2.05) is 24.0 Å².